The zero-order chi connectivity index (χ0) is 15.3. The predicted molar refractivity (Wildman–Crippen MR) is 90.7 cm³/mol. The monoisotopic (exact) mass is 309 g/mol. The van der Waals surface area contributed by atoms with E-state index in [9.17, 15) is 0 Å². The first-order chi connectivity index (χ1) is 10.1. The van der Waals surface area contributed by atoms with E-state index in [1.54, 1.807) is 0 Å². The highest BCUT2D eigenvalue weighted by Crippen LogP contribution is 2.29. The highest BCUT2D eigenvalue weighted by atomic mass is 35.5. The van der Waals surface area contributed by atoms with E-state index in [4.69, 9.17) is 17.3 Å². The van der Waals surface area contributed by atoms with Crippen molar-refractivity contribution >= 4 is 11.6 Å². The Balaban J connectivity index is 2.02. The summed E-state index contributed by atoms with van der Waals surface area (Å²) < 4.78 is 0. The molecule has 2 N–H and O–H groups in total. The summed E-state index contributed by atoms with van der Waals surface area (Å²) in [5.74, 6) is 0. The third-order valence-corrected chi connectivity index (χ3v) is 5.25. The molecule has 21 heavy (non-hydrogen) atoms. The molecule has 0 amide bonds. The van der Waals surface area contributed by atoms with E-state index in [-0.39, 0.29) is 5.54 Å². The van der Waals surface area contributed by atoms with Crippen molar-refractivity contribution in [1.82, 2.24) is 9.80 Å². The lowest BCUT2D eigenvalue weighted by Gasteiger charge is -2.47. The molecular weight excluding hydrogens is 282 g/mol. The van der Waals surface area contributed by atoms with E-state index < -0.39 is 0 Å². The molecule has 1 aromatic rings. The molecule has 0 aliphatic carbocycles. The molecule has 118 valence electrons. The molecule has 1 heterocycles. The second kappa shape index (κ2) is 7.59. The maximum atomic E-state index is 6.29. The van der Waals surface area contributed by atoms with Crippen molar-refractivity contribution < 1.29 is 0 Å². The van der Waals surface area contributed by atoms with Crippen LogP contribution in [0.25, 0.3) is 0 Å². The van der Waals surface area contributed by atoms with E-state index in [1.165, 1.54) is 18.5 Å². The molecular formula is C17H28ClN3. The van der Waals surface area contributed by atoms with Crippen molar-refractivity contribution in [3.63, 3.8) is 0 Å². The number of likely N-dealkylation sites (tertiary alicyclic amines) is 1. The quantitative estimate of drug-likeness (QED) is 0.877. The van der Waals surface area contributed by atoms with Gasteiger partial charge in [-0.05, 0) is 57.6 Å². The van der Waals surface area contributed by atoms with Gasteiger partial charge in [-0.2, -0.15) is 0 Å². The average molecular weight is 310 g/mol. The first-order valence-electron chi connectivity index (χ1n) is 7.98. The maximum absolute atomic E-state index is 6.29. The summed E-state index contributed by atoms with van der Waals surface area (Å²) in [7, 11) is 2.19. The third-order valence-electron chi connectivity index (χ3n) is 4.88. The molecule has 0 saturated carbocycles. The molecule has 0 unspecified atom stereocenters. The number of hydrogen-bond acceptors (Lipinski definition) is 3. The number of nitrogens with zero attached hydrogens (tertiary/aromatic N) is 2. The van der Waals surface area contributed by atoms with Crippen LogP contribution in [-0.4, -0.2) is 48.6 Å². The minimum absolute atomic E-state index is 0.114. The largest absolute Gasteiger partial charge is 0.329 e. The molecule has 0 radical (unpaired) electrons. The van der Waals surface area contributed by atoms with Crippen LogP contribution >= 0.6 is 11.6 Å². The minimum atomic E-state index is 0.114. The first kappa shape index (κ1) is 16.8. The zero-order valence-corrected chi connectivity index (χ0v) is 14.1. The SMILES string of the molecule is CCCN1CCC(CN)(N(C)Cc2ccccc2Cl)CC1. The fourth-order valence-corrected chi connectivity index (χ4v) is 3.50. The lowest BCUT2D eigenvalue weighted by Crippen LogP contribution is -2.57. The number of halogens is 1. The van der Waals surface area contributed by atoms with Gasteiger partial charge in [-0.3, -0.25) is 4.90 Å². The molecule has 0 aromatic heterocycles. The van der Waals surface area contributed by atoms with Gasteiger partial charge in [0, 0.05) is 23.7 Å². The van der Waals surface area contributed by atoms with Gasteiger partial charge in [0.2, 0.25) is 0 Å². The molecule has 0 atom stereocenters. The summed E-state index contributed by atoms with van der Waals surface area (Å²) in [4.78, 5) is 4.97. The van der Waals surface area contributed by atoms with Crippen LogP contribution < -0.4 is 5.73 Å². The lowest BCUT2D eigenvalue weighted by molar-refractivity contribution is 0.0401. The summed E-state index contributed by atoms with van der Waals surface area (Å²) >= 11 is 6.29. The van der Waals surface area contributed by atoms with E-state index in [0.717, 1.165) is 37.5 Å². The van der Waals surface area contributed by atoms with Gasteiger partial charge in [0.1, 0.15) is 0 Å². The van der Waals surface area contributed by atoms with E-state index in [1.807, 2.05) is 18.2 Å². The number of hydrogen-bond donors (Lipinski definition) is 1. The summed E-state index contributed by atoms with van der Waals surface area (Å²) in [6.07, 6.45) is 3.51. The topological polar surface area (TPSA) is 32.5 Å². The summed E-state index contributed by atoms with van der Waals surface area (Å²) in [5.41, 5.74) is 7.46. The third kappa shape index (κ3) is 3.98. The number of benzene rings is 1. The van der Waals surface area contributed by atoms with Gasteiger partial charge < -0.3 is 10.6 Å². The summed E-state index contributed by atoms with van der Waals surface area (Å²) in [6, 6.07) is 8.10. The van der Waals surface area contributed by atoms with Gasteiger partial charge in [0.25, 0.3) is 0 Å². The fraction of sp³-hybridized carbons (Fsp3) is 0.647. The van der Waals surface area contributed by atoms with Crippen LogP contribution in [0.1, 0.15) is 31.7 Å². The van der Waals surface area contributed by atoms with Gasteiger partial charge in [-0.1, -0.05) is 36.7 Å². The van der Waals surface area contributed by atoms with Crippen LogP contribution in [0.4, 0.5) is 0 Å². The molecule has 0 spiro atoms. The molecule has 1 aliphatic heterocycles. The Bertz CT molecular complexity index is 441. The summed E-state index contributed by atoms with van der Waals surface area (Å²) in [5, 5.41) is 0.847. The van der Waals surface area contributed by atoms with Crippen molar-refractivity contribution in [3.8, 4) is 0 Å². The van der Waals surface area contributed by atoms with Gasteiger partial charge in [-0.15, -0.1) is 0 Å². The van der Waals surface area contributed by atoms with Crippen molar-refractivity contribution in [2.24, 2.45) is 5.73 Å². The standard InChI is InChI=1S/C17H28ClN3/c1-3-10-21-11-8-17(14-19,9-12-21)20(2)13-15-6-4-5-7-16(15)18/h4-7H,3,8-14,19H2,1-2H3. The van der Waals surface area contributed by atoms with Crippen LogP contribution in [0.2, 0.25) is 5.02 Å². The van der Waals surface area contributed by atoms with Gasteiger partial charge >= 0.3 is 0 Å². The van der Waals surface area contributed by atoms with Crippen molar-refractivity contribution in [1.29, 1.82) is 0 Å². The van der Waals surface area contributed by atoms with E-state index in [0.29, 0.717) is 6.54 Å². The van der Waals surface area contributed by atoms with Crippen LogP contribution in [0, 0.1) is 0 Å². The van der Waals surface area contributed by atoms with Gasteiger partial charge in [0.05, 0.1) is 0 Å². The average Bonchev–Trinajstić information content (AvgIpc) is 2.51. The van der Waals surface area contributed by atoms with Gasteiger partial charge in [-0.25, -0.2) is 0 Å². The first-order valence-corrected chi connectivity index (χ1v) is 8.36. The number of piperidine rings is 1. The van der Waals surface area contributed by atoms with E-state index >= 15 is 0 Å². The Morgan fingerprint density at radius 2 is 1.95 bits per heavy atom. The van der Waals surface area contributed by atoms with Crippen molar-refractivity contribution in [3.05, 3.63) is 34.9 Å². The maximum Gasteiger partial charge on any atom is 0.0451 e. The van der Waals surface area contributed by atoms with Crippen LogP contribution in [0.5, 0.6) is 0 Å². The Morgan fingerprint density at radius 1 is 1.29 bits per heavy atom. The minimum Gasteiger partial charge on any atom is -0.329 e. The smallest absolute Gasteiger partial charge is 0.0451 e. The summed E-state index contributed by atoms with van der Waals surface area (Å²) in [6.45, 7) is 7.33. The Kier molecular flexibility index (Phi) is 6.06. The molecule has 2 rings (SSSR count). The Labute approximate surface area is 134 Å². The molecule has 0 bridgehead atoms. The predicted octanol–water partition coefficient (Wildman–Crippen LogP) is 2.98. The molecule has 3 nitrogen and oxygen atoms in total. The molecule has 1 fully saturated rings. The highest BCUT2D eigenvalue weighted by molar-refractivity contribution is 6.31. The van der Waals surface area contributed by atoms with Crippen LogP contribution in [0.3, 0.4) is 0 Å². The molecule has 4 heteroatoms. The van der Waals surface area contributed by atoms with Crippen LogP contribution in [-0.2, 0) is 6.54 Å². The Morgan fingerprint density at radius 3 is 2.52 bits per heavy atom. The second-order valence-electron chi connectivity index (χ2n) is 6.22. The molecule has 1 saturated heterocycles. The van der Waals surface area contributed by atoms with E-state index in [2.05, 4.69) is 29.8 Å². The highest BCUT2D eigenvalue weighted by Gasteiger charge is 2.36. The number of rotatable bonds is 6. The second-order valence-corrected chi connectivity index (χ2v) is 6.62. The van der Waals surface area contributed by atoms with Gasteiger partial charge in [0.15, 0.2) is 0 Å². The number of likely N-dealkylation sites (N-methyl/N-ethyl adjacent to an activating group) is 1. The number of nitrogens with two attached hydrogens (primary N) is 1. The van der Waals surface area contributed by atoms with Crippen molar-refractivity contribution in [2.75, 3.05) is 33.2 Å². The Hall–Kier alpha value is -0.610. The lowest BCUT2D eigenvalue weighted by atomic mass is 9.85. The molecule has 1 aromatic carbocycles. The molecule has 1 aliphatic rings. The fourth-order valence-electron chi connectivity index (χ4n) is 3.30. The van der Waals surface area contributed by atoms with Crippen LogP contribution in [0.15, 0.2) is 24.3 Å². The zero-order valence-electron chi connectivity index (χ0n) is 13.3. The normalized spacial score (nSPS) is 19.1. The van der Waals surface area contributed by atoms with Crippen molar-refractivity contribution in [2.45, 2.75) is 38.3 Å².